The molecule has 0 aliphatic heterocycles. The Hall–Kier alpha value is -3.36. The number of hydrogen-bond donors (Lipinski definition) is 3. The molecule has 2 amide bonds. The summed E-state index contributed by atoms with van der Waals surface area (Å²) >= 11 is 7.38. The number of aromatic carboxylic acids is 1. The zero-order valence-electron chi connectivity index (χ0n) is 17.5. The predicted molar refractivity (Wildman–Crippen MR) is 128 cm³/mol. The van der Waals surface area contributed by atoms with Gasteiger partial charge in [0.05, 0.1) is 27.1 Å². The van der Waals surface area contributed by atoms with Crippen molar-refractivity contribution in [3.8, 4) is 0 Å². The number of hydrogen-bond acceptors (Lipinski definition) is 4. The van der Waals surface area contributed by atoms with E-state index in [9.17, 15) is 18.8 Å². The summed E-state index contributed by atoms with van der Waals surface area (Å²) in [7, 11) is 0. The number of thioether (sulfide) groups is 1. The topological polar surface area (TPSA) is 95.5 Å². The first-order chi connectivity index (χ1) is 15.8. The SMILES string of the molecule is CCC(Sc1cccc(NC(=O)c2ccccc2F)c1)C(=O)Nc1cc(C(=O)O)ccc1Cl. The van der Waals surface area contributed by atoms with E-state index in [1.165, 1.54) is 48.2 Å². The molecule has 0 aliphatic carbocycles. The number of rotatable bonds is 8. The smallest absolute Gasteiger partial charge is 0.335 e. The first kappa shape index (κ1) is 24.3. The first-order valence-corrected chi connectivity index (χ1v) is 11.2. The van der Waals surface area contributed by atoms with E-state index in [4.69, 9.17) is 16.7 Å². The summed E-state index contributed by atoms with van der Waals surface area (Å²) < 4.78 is 13.9. The van der Waals surface area contributed by atoms with Crippen molar-refractivity contribution in [3.05, 3.63) is 88.7 Å². The number of halogens is 2. The van der Waals surface area contributed by atoms with Crippen molar-refractivity contribution >= 4 is 52.5 Å². The van der Waals surface area contributed by atoms with Crippen LogP contribution >= 0.6 is 23.4 Å². The Bertz CT molecular complexity index is 1200. The average molecular weight is 487 g/mol. The monoisotopic (exact) mass is 486 g/mol. The second-order valence-corrected chi connectivity index (χ2v) is 8.65. The number of carboxylic acids is 1. The molecule has 0 spiro atoms. The molecule has 170 valence electrons. The van der Waals surface area contributed by atoms with Crippen molar-refractivity contribution in [2.45, 2.75) is 23.5 Å². The highest BCUT2D eigenvalue weighted by atomic mass is 35.5. The number of benzene rings is 3. The van der Waals surface area contributed by atoms with Gasteiger partial charge >= 0.3 is 5.97 Å². The summed E-state index contributed by atoms with van der Waals surface area (Å²) in [5.74, 6) is -2.66. The molecule has 33 heavy (non-hydrogen) atoms. The van der Waals surface area contributed by atoms with E-state index < -0.39 is 22.9 Å². The van der Waals surface area contributed by atoms with Crippen LogP contribution in [0.25, 0.3) is 0 Å². The van der Waals surface area contributed by atoms with Gasteiger partial charge in [0.2, 0.25) is 5.91 Å². The van der Waals surface area contributed by atoms with Gasteiger partial charge in [-0.1, -0.05) is 36.7 Å². The number of carbonyl (C=O) groups excluding carboxylic acids is 2. The van der Waals surface area contributed by atoms with Crippen molar-refractivity contribution in [3.63, 3.8) is 0 Å². The lowest BCUT2D eigenvalue weighted by atomic mass is 10.2. The van der Waals surface area contributed by atoms with Crippen molar-refractivity contribution in [2.24, 2.45) is 0 Å². The van der Waals surface area contributed by atoms with E-state index in [0.29, 0.717) is 17.0 Å². The van der Waals surface area contributed by atoms with Gasteiger partial charge in [0, 0.05) is 10.6 Å². The normalized spacial score (nSPS) is 11.5. The summed E-state index contributed by atoms with van der Waals surface area (Å²) in [6.07, 6.45) is 0.485. The summed E-state index contributed by atoms with van der Waals surface area (Å²) in [6, 6.07) is 16.6. The third kappa shape index (κ3) is 6.34. The molecule has 9 heteroatoms. The van der Waals surface area contributed by atoms with Gasteiger partial charge in [0.15, 0.2) is 0 Å². The van der Waals surface area contributed by atoms with E-state index in [0.717, 1.165) is 0 Å². The van der Waals surface area contributed by atoms with Gasteiger partial charge in [0.1, 0.15) is 5.82 Å². The van der Waals surface area contributed by atoms with Crippen LogP contribution in [0.4, 0.5) is 15.8 Å². The minimum atomic E-state index is -1.13. The summed E-state index contributed by atoms with van der Waals surface area (Å²) in [5.41, 5.74) is 0.614. The average Bonchev–Trinajstić information content (AvgIpc) is 2.79. The van der Waals surface area contributed by atoms with Crippen LogP contribution in [0.15, 0.2) is 71.6 Å². The number of anilines is 2. The van der Waals surface area contributed by atoms with Crippen LogP contribution < -0.4 is 10.6 Å². The van der Waals surface area contributed by atoms with Crippen LogP contribution in [-0.2, 0) is 4.79 Å². The van der Waals surface area contributed by atoms with Gasteiger partial charge in [-0.25, -0.2) is 9.18 Å². The van der Waals surface area contributed by atoms with E-state index >= 15 is 0 Å². The van der Waals surface area contributed by atoms with Crippen molar-refractivity contribution in [1.82, 2.24) is 0 Å². The largest absolute Gasteiger partial charge is 0.478 e. The molecule has 0 saturated heterocycles. The highest BCUT2D eigenvalue weighted by Gasteiger charge is 2.20. The number of amides is 2. The fraction of sp³-hybridized carbons (Fsp3) is 0.125. The predicted octanol–water partition coefficient (Wildman–Crippen LogP) is 5.94. The third-order valence-electron chi connectivity index (χ3n) is 4.62. The second kappa shape index (κ2) is 11.0. The molecular formula is C24H20ClFN2O4S. The molecule has 6 nitrogen and oxygen atoms in total. The quantitative estimate of drug-likeness (QED) is 0.342. The van der Waals surface area contributed by atoms with E-state index in [1.54, 1.807) is 30.3 Å². The van der Waals surface area contributed by atoms with Gasteiger partial charge in [0.25, 0.3) is 5.91 Å². The van der Waals surface area contributed by atoms with Crippen LogP contribution in [0.5, 0.6) is 0 Å². The standard InChI is InChI=1S/C24H20ClFN2O4S/c1-2-21(23(30)28-20-12-14(24(31)32)10-11-18(20)25)33-16-7-5-6-15(13-16)27-22(29)17-8-3-4-9-19(17)26/h3-13,21H,2H2,1H3,(H,27,29)(H,28,30)(H,31,32). The fourth-order valence-electron chi connectivity index (χ4n) is 2.94. The summed E-state index contributed by atoms with van der Waals surface area (Å²) in [4.78, 5) is 37.1. The van der Waals surface area contributed by atoms with Gasteiger partial charge < -0.3 is 15.7 Å². The molecule has 3 rings (SSSR count). The molecule has 0 saturated carbocycles. The molecular weight excluding hydrogens is 467 g/mol. The Kier molecular flexibility index (Phi) is 8.08. The molecule has 3 N–H and O–H groups in total. The van der Waals surface area contributed by atoms with Crippen LogP contribution in [0, 0.1) is 5.82 Å². The van der Waals surface area contributed by atoms with Gasteiger partial charge in [-0.2, -0.15) is 0 Å². The second-order valence-electron chi connectivity index (χ2n) is 6.97. The molecule has 3 aromatic rings. The van der Waals surface area contributed by atoms with Crippen molar-refractivity contribution in [2.75, 3.05) is 10.6 Å². The molecule has 0 aromatic heterocycles. The Balaban J connectivity index is 1.71. The van der Waals surface area contributed by atoms with E-state index in [-0.39, 0.29) is 27.7 Å². The molecule has 0 heterocycles. The van der Waals surface area contributed by atoms with Crippen LogP contribution in [0.2, 0.25) is 5.02 Å². The Morgan fingerprint density at radius 3 is 2.48 bits per heavy atom. The summed E-state index contributed by atoms with van der Waals surface area (Å²) in [5, 5.41) is 14.2. The van der Waals surface area contributed by atoms with Crippen molar-refractivity contribution in [1.29, 1.82) is 0 Å². The lowest BCUT2D eigenvalue weighted by Crippen LogP contribution is -2.24. The van der Waals surface area contributed by atoms with Crippen LogP contribution in [0.3, 0.4) is 0 Å². The maximum Gasteiger partial charge on any atom is 0.335 e. The number of carboxylic acid groups (broad SMARTS) is 1. The van der Waals surface area contributed by atoms with Gasteiger partial charge in [-0.05, 0) is 55.0 Å². The molecule has 0 radical (unpaired) electrons. The zero-order valence-corrected chi connectivity index (χ0v) is 19.0. The van der Waals surface area contributed by atoms with E-state index in [2.05, 4.69) is 10.6 Å². The first-order valence-electron chi connectivity index (χ1n) is 9.94. The molecule has 0 fully saturated rings. The van der Waals surface area contributed by atoms with Gasteiger partial charge in [-0.3, -0.25) is 9.59 Å². The highest BCUT2D eigenvalue weighted by molar-refractivity contribution is 8.00. The molecule has 1 atom stereocenters. The van der Waals surface area contributed by atoms with E-state index in [1.807, 2.05) is 6.92 Å². The van der Waals surface area contributed by atoms with Gasteiger partial charge in [-0.15, -0.1) is 11.8 Å². The Morgan fingerprint density at radius 1 is 1.03 bits per heavy atom. The summed E-state index contributed by atoms with van der Waals surface area (Å²) in [6.45, 7) is 1.84. The number of carbonyl (C=O) groups is 3. The minimum absolute atomic E-state index is 0.00805. The zero-order chi connectivity index (χ0) is 24.0. The molecule has 0 aliphatic rings. The lowest BCUT2D eigenvalue weighted by molar-refractivity contribution is -0.115. The number of nitrogens with one attached hydrogen (secondary N) is 2. The Labute approximate surface area is 199 Å². The van der Waals surface area contributed by atoms with Crippen LogP contribution in [0.1, 0.15) is 34.1 Å². The highest BCUT2D eigenvalue weighted by Crippen LogP contribution is 2.30. The van der Waals surface area contributed by atoms with Crippen LogP contribution in [-0.4, -0.2) is 28.1 Å². The molecule has 3 aromatic carbocycles. The fourth-order valence-corrected chi connectivity index (χ4v) is 4.12. The third-order valence-corrected chi connectivity index (χ3v) is 6.31. The maximum atomic E-state index is 13.9. The van der Waals surface area contributed by atoms with Crippen molar-refractivity contribution < 1.29 is 23.9 Å². The lowest BCUT2D eigenvalue weighted by Gasteiger charge is -2.16. The molecule has 0 bridgehead atoms. The minimum Gasteiger partial charge on any atom is -0.478 e. The maximum absolute atomic E-state index is 13.9. The Morgan fingerprint density at radius 2 is 1.79 bits per heavy atom. The molecule has 1 unspecified atom stereocenters.